The Morgan fingerprint density at radius 3 is 2.33 bits per heavy atom. The Morgan fingerprint density at radius 1 is 0.879 bits per heavy atom. The number of esters is 1. The molecule has 1 aliphatic heterocycles. The maximum atomic E-state index is 12.6. The summed E-state index contributed by atoms with van der Waals surface area (Å²) in [5.41, 5.74) is 3.07. The summed E-state index contributed by atoms with van der Waals surface area (Å²) >= 11 is 0. The second kappa shape index (κ2) is 10.1. The number of unbranched alkanes of at least 4 members (excludes halogenated alkanes) is 1. The molecule has 1 heterocycles. The maximum Gasteiger partial charge on any atom is 0.338 e. The van der Waals surface area contributed by atoms with Gasteiger partial charge in [0.25, 0.3) is 0 Å². The summed E-state index contributed by atoms with van der Waals surface area (Å²) in [5.74, 6) is -0.642. The average Bonchev–Trinajstić information content (AvgIpc) is 3.12. The van der Waals surface area contributed by atoms with Crippen LogP contribution in [0.15, 0.2) is 42.5 Å². The highest BCUT2D eigenvalue weighted by molar-refractivity contribution is 6.22. The molecule has 176 valence electrons. The van der Waals surface area contributed by atoms with E-state index in [4.69, 9.17) is 14.2 Å². The van der Waals surface area contributed by atoms with E-state index < -0.39 is 43.3 Å². The van der Waals surface area contributed by atoms with Crippen molar-refractivity contribution in [1.29, 1.82) is 0 Å². The van der Waals surface area contributed by atoms with Crippen LogP contribution in [0, 0.1) is 0 Å². The lowest BCUT2D eigenvalue weighted by Gasteiger charge is -2.39. The van der Waals surface area contributed by atoms with E-state index in [1.54, 1.807) is 30.3 Å². The Bertz CT molecular complexity index is 1020. The molecule has 4 N–H and O–H groups in total. The van der Waals surface area contributed by atoms with Crippen molar-refractivity contribution >= 4 is 11.8 Å². The number of ether oxygens (including phenoxy) is 3. The van der Waals surface area contributed by atoms with Gasteiger partial charge in [0.2, 0.25) is 0 Å². The predicted octanol–water partition coefficient (Wildman–Crippen LogP) is 0.652. The molecule has 1 saturated heterocycles. The monoisotopic (exact) mass is 458 g/mol. The molecule has 1 aliphatic carbocycles. The van der Waals surface area contributed by atoms with Gasteiger partial charge in [-0.15, -0.1) is 0 Å². The fraction of sp³-hybridized carbons (Fsp3) is 0.417. The second-order valence-electron chi connectivity index (χ2n) is 8.05. The van der Waals surface area contributed by atoms with Crippen LogP contribution in [0.25, 0.3) is 11.1 Å². The van der Waals surface area contributed by atoms with Crippen molar-refractivity contribution < 1.29 is 44.2 Å². The van der Waals surface area contributed by atoms with Gasteiger partial charge in [0.15, 0.2) is 12.1 Å². The molecule has 0 radical (unpaired) electrons. The molecule has 0 spiro atoms. The molecule has 5 atom stereocenters. The highest BCUT2D eigenvalue weighted by atomic mass is 16.7. The fourth-order valence-corrected chi connectivity index (χ4v) is 4.01. The molecule has 2 aliphatic rings. The van der Waals surface area contributed by atoms with Crippen LogP contribution < -0.4 is 0 Å². The summed E-state index contributed by atoms with van der Waals surface area (Å²) in [7, 11) is 0. The van der Waals surface area contributed by atoms with Crippen LogP contribution in [-0.4, -0.2) is 82.7 Å². The van der Waals surface area contributed by atoms with Crippen molar-refractivity contribution in [3.05, 3.63) is 59.2 Å². The number of benzene rings is 2. The van der Waals surface area contributed by atoms with Gasteiger partial charge in [0, 0.05) is 17.7 Å². The number of aliphatic hydroxyl groups excluding tert-OH is 4. The topological polar surface area (TPSA) is 143 Å². The summed E-state index contributed by atoms with van der Waals surface area (Å²) in [6, 6.07) is 12.3. The zero-order chi connectivity index (χ0) is 23.5. The first-order valence-electron chi connectivity index (χ1n) is 10.8. The number of hydrogen-bond acceptors (Lipinski definition) is 9. The predicted molar refractivity (Wildman–Crippen MR) is 115 cm³/mol. The number of ketones is 1. The van der Waals surface area contributed by atoms with Gasteiger partial charge in [-0.2, -0.15) is 0 Å². The number of carbonyl (C=O) groups excluding carboxylic acids is 2. The molecule has 9 nitrogen and oxygen atoms in total. The molecule has 2 aromatic carbocycles. The van der Waals surface area contributed by atoms with Crippen molar-refractivity contribution in [1.82, 2.24) is 0 Å². The van der Waals surface area contributed by atoms with Crippen molar-refractivity contribution in [2.45, 2.75) is 43.5 Å². The number of fused-ring (bicyclic) bond motifs is 3. The molecule has 1 fully saturated rings. The van der Waals surface area contributed by atoms with E-state index in [1.165, 1.54) is 0 Å². The smallest absolute Gasteiger partial charge is 0.338 e. The van der Waals surface area contributed by atoms with Crippen molar-refractivity contribution in [2.75, 3.05) is 19.8 Å². The third-order valence-corrected chi connectivity index (χ3v) is 5.86. The summed E-state index contributed by atoms with van der Waals surface area (Å²) in [5, 5.41) is 38.6. The highest BCUT2D eigenvalue weighted by Crippen LogP contribution is 2.36. The van der Waals surface area contributed by atoms with Gasteiger partial charge in [0.1, 0.15) is 24.4 Å². The molecule has 0 bridgehead atoms. The van der Waals surface area contributed by atoms with Gasteiger partial charge in [-0.25, -0.2) is 4.79 Å². The summed E-state index contributed by atoms with van der Waals surface area (Å²) in [4.78, 5) is 25.0. The Labute approximate surface area is 190 Å². The van der Waals surface area contributed by atoms with Gasteiger partial charge in [-0.05, 0) is 36.1 Å². The summed E-state index contributed by atoms with van der Waals surface area (Å²) in [6.45, 7) is -0.255. The largest absolute Gasteiger partial charge is 0.462 e. The minimum atomic E-state index is -1.49. The van der Waals surface area contributed by atoms with E-state index in [-0.39, 0.29) is 19.0 Å². The average molecular weight is 458 g/mol. The van der Waals surface area contributed by atoms with Crippen LogP contribution in [0.4, 0.5) is 0 Å². The molecular weight excluding hydrogens is 432 g/mol. The minimum absolute atomic E-state index is 0.111. The molecule has 4 rings (SSSR count). The normalized spacial score (nSPS) is 26.1. The molecule has 33 heavy (non-hydrogen) atoms. The van der Waals surface area contributed by atoms with Crippen molar-refractivity contribution in [3.63, 3.8) is 0 Å². The first-order chi connectivity index (χ1) is 15.9. The van der Waals surface area contributed by atoms with Crippen LogP contribution in [0.5, 0.6) is 0 Å². The lowest BCUT2D eigenvalue weighted by Crippen LogP contribution is -2.59. The first kappa shape index (κ1) is 23.5. The Kier molecular flexibility index (Phi) is 7.18. The summed E-state index contributed by atoms with van der Waals surface area (Å²) < 4.78 is 15.9. The van der Waals surface area contributed by atoms with E-state index in [0.29, 0.717) is 29.5 Å². The van der Waals surface area contributed by atoms with E-state index in [0.717, 1.165) is 11.1 Å². The molecule has 0 amide bonds. The lowest BCUT2D eigenvalue weighted by molar-refractivity contribution is -0.301. The van der Waals surface area contributed by atoms with Crippen LogP contribution in [0.2, 0.25) is 0 Å². The molecule has 0 aromatic heterocycles. The SMILES string of the molecule is O=C(OCCCCO[C@@H]1O[C@H](CO)[C@@H](O)[C@H](O)[C@H]1O)c1ccc2c(c1)C(=O)c1ccccc1-2. The second-order valence-corrected chi connectivity index (χ2v) is 8.05. The van der Waals surface area contributed by atoms with Gasteiger partial charge in [-0.3, -0.25) is 4.79 Å². The zero-order valence-corrected chi connectivity index (χ0v) is 17.8. The molecule has 0 unspecified atom stereocenters. The minimum Gasteiger partial charge on any atom is -0.462 e. The van der Waals surface area contributed by atoms with Crippen LogP contribution >= 0.6 is 0 Å². The van der Waals surface area contributed by atoms with Crippen LogP contribution in [0.3, 0.4) is 0 Å². The quantitative estimate of drug-likeness (QED) is 0.283. The fourth-order valence-electron chi connectivity index (χ4n) is 4.01. The van der Waals surface area contributed by atoms with E-state index >= 15 is 0 Å². The molecule has 2 aromatic rings. The van der Waals surface area contributed by atoms with Crippen molar-refractivity contribution in [3.8, 4) is 11.1 Å². The van der Waals surface area contributed by atoms with Crippen LogP contribution in [-0.2, 0) is 14.2 Å². The molecule has 9 heteroatoms. The Hall–Kier alpha value is -2.66. The number of aliphatic hydroxyl groups is 4. The van der Waals surface area contributed by atoms with Crippen LogP contribution in [0.1, 0.15) is 39.1 Å². The van der Waals surface area contributed by atoms with E-state index in [9.17, 15) is 30.0 Å². The Balaban J connectivity index is 1.22. The van der Waals surface area contributed by atoms with Gasteiger partial charge >= 0.3 is 5.97 Å². The maximum absolute atomic E-state index is 12.6. The summed E-state index contributed by atoms with van der Waals surface area (Å²) in [6.07, 6.45) is -5.65. The van der Waals surface area contributed by atoms with E-state index in [1.807, 2.05) is 12.1 Å². The van der Waals surface area contributed by atoms with Gasteiger partial charge in [0.05, 0.1) is 18.8 Å². The third-order valence-electron chi connectivity index (χ3n) is 5.86. The van der Waals surface area contributed by atoms with E-state index in [2.05, 4.69) is 0 Å². The molecular formula is C24H26O9. The van der Waals surface area contributed by atoms with Gasteiger partial charge in [-0.1, -0.05) is 30.3 Å². The lowest BCUT2D eigenvalue weighted by atomic mass is 9.99. The molecule has 0 saturated carbocycles. The third kappa shape index (κ3) is 4.70. The number of hydrogen-bond donors (Lipinski definition) is 4. The first-order valence-corrected chi connectivity index (χ1v) is 10.8. The van der Waals surface area contributed by atoms with Crippen molar-refractivity contribution in [2.24, 2.45) is 0 Å². The number of rotatable bonds is 8. The van der Waals surface area contributed by atoms with Gasteiger partial charge < -0.3 is 34.6 Å². The number of carbonyl (C=O) groups is 2. The standard InChI is InChI=1S/C24H26O9/c25-12-18-20(27)21(28)22(29)24(33-18)32-10-4-3-9-31-23(30)13-7-8-15-14-5-1-2-6-16(14)19(26)17(15)11-13/h1-2,5-8,11,18,20-22,24-25,27-29H,3-4,9-10,12H2/t18-,20-,21+,22-,24-/m1/s1. The zero-order valence-electron chi connectivity index (χ0n) is 17.8. The Morgan fingerprint density at radius 2 is 1.58 bits per heavy atom. The highest BCUT2D eigenvalue weighted by Gasteiger charge is 2.43.